The molecule has 0 fully saturated rings. The van der Waals surface area contributed by atoms with Crippen molar-refractivity contribution in [2.24, 2.45) is 0 Å². The molecule has 2 rings (SSSR count). The van der Waals surface area contributed by atoms with Gasteiger partial charge < -0.3 is 24.2 Å². The van der Waals surface area contributed by atoms with Crippen LogP contribution in [0.1, 0.15) is 12.5 Å². The number of hydrogen-bond donors (Lipinski definition) is 1. The second kappa shape index (κ2) is 9.93. The van der Waals surface area contributed by atoms with Crippen LogP contribution in [0.2, 0.25) is 0 Å². The van der Waals surface area contributed by atoms with Crippen LogP contribution in [0.5, 0.6) is 0 Å². The molecule has 1 amide bonds. The molecule has 7 heteroatoms. The lowest BCUT2D eigenvalue weighted by molar-refractivity contribution is -0.131. The third kappa shape index (κ3) is 5.38. The summed E-state index contributed by atoms with van der Waals surface area (Å²) in [5.74, 6) is -1.46. The molecule has 0 bridgehead atoms. The van der Waals surface area contributed by atoms with Gasteiger partial charge in [0.15, 0.2) is 0 Å². The Labute approximate surface area is 146 Å². The highest BCUT2D eigenvalue weighted by Crippen LogP contribution is 2.36. The number of benzene rings is 1. The Morgan fingerprint density at radius 3 is 2.40 bits per heavy atom. The van der Waals surface area contributed by atoms with Crippen LogP contribution in [0.4, 0.5) is 5.69 Å². The molecule has 1 N–H and O–H groups in total. The van der Waals surface area contributed by atoms with Gasteiger partial charge in [-0.15, -0.1) is 0 Å². The number of carbonyl (C=O) groups is 2. The van der Waals surface area contributed by atoms with Crippen molar-refractivity contribution in [3.63, 3.8) is 0 Å². The molecule has 0 radical (unpaired) electrons. The number of rotatable bonds is 11. The van der Waals surface area contributed by atoms with Crippen molar-refractivity contribution < 1.29 is 28.9 Å². The highest BCUT2D eigenvalue weighted by atomic mass is 16.5. The maximum atomic E-state index is 12.5. The van der Waals surface area contributed by atoms with Gasteiger partial charge in [0.05, 0.1) is 44.3 Å². The highest BCUT2D eigenvalue weighted by Gasteiger charge is 2.32. The molecule has 7 nitrogen and oxygen atoms in total. The number of anilines is 1. The van der Waals surface area contributed by atoms with Crippen molar-refractivity contribution in [2.45, 2.75) is 6.92 Å². The lowest BCUT2D eigenvalue weighted by atomic mass is 10.1. The summed E-state index contributed by atoms with van der Waals surface area (Å²) >= 11 is 0. The maximum absolute atomic E-state index is 12.5. The number of amides is 1. The minimum Gasteiger partial charge on any atom is -0.478 e. The molecule has 0 aromatic heterocycles. The summed E-state index contributed by atoms with van der Waals surface area (Å²) in [5, 5.41) is 8.96. The maximum Gasteiger partial charge on any atom is 0.329 e. The van der Waals surface area contributed by atoms with E-state index in [1.807, 2.05) is 13.0 Å². The summed E-state index contributed by atoms with van der Waals surface area (Å²) < 4.78 is 16.0. The van der Waals surface area contributed by atoms with Crippen molar-refractivity contribution >= 4 is 23.1 Å². The fourth-order valence-electron chi connectivity index (χ4n) is 2.53. The molecule has 0 saturated carbocycles. The van der Waals surface area contributed by atoms with Crippen LogP contribution >= 0.6 is 0 Å². The van der Waals surface area contributed by atoms with E-state index < -0.39 is 5.97 Å². The van der Waals surface area contributed by atoms with Crippen LogP contribution in [0.25, 0.3) is 5.57 Å². The molecule has 0 spiro atoms. The number of carboxylic acid groups (broad SMARTS) is 1. The molecule has 0 unspecified atom stereocenters. The smallest absolute Gasteiger partial charge is 0.329 e. The standard InChI is InChI=1S/C18H23NO6/c1-2-23-9-10-25-12-11-24-8-7-19-16-6-4-3-5-14(16)15(18(19)22)13-17(20)21/h3-6,13H,2,7-12H2,1H3,(H,20,21)/b15-13+. The molecule has 0 saturated heterocycles. The van der Waals surface area contributed by atoms with E-state index in [9.17, 15) is 9.59 Å². The van der Waals surface area contributed by atoms with Gasteiger partial charge in [0.25, 0.3) is 5.91 Å². The minimum absolute atomic E-state index is 0.197. The number of hydrogen-bond acceptors (Lipinski definition) is 5. The zero-order valence-electron chi connectivity index (χ0n) is 14.3. The fraction of sp³-hybridized carbons (Fsp3) is 0.444. The second-order valence-corrected chi connectivity index (χ2v) is 5.29. The van der Waals surface area contributed by atoms with E-state index in [4.69, 9.17) is 19.3 Å². The second-order valence-electron chi connectivity index (χ2n) is 5.29. The average Bonchev–Trinajstić information content (AvgIpc) is 2.85. The topological polar surface area (TPSA) is 85.3 Å². The third-order valence-electron chi connectivity index (χ3n) is 3.64. The largest absolute Gasteiger partial charge is 0.478 e. The Kier molecular flexibility index (Phi) is 7.59. The van der Waals surface area contributed by atoms with Crippen molar-refractivity contribution in [3.8, 4) is 0 Å². The Morgan fingerprint density at radius 2 is 1.72 bits per heavy atom. The monoisotopic (exact) mass is 349 g/mol. The fourth-order valence-corrected chi connectivity index (χ4v) is 2.53. The molecule has 136 valence electrons. The summed E-state index contributed by atoms with van der Waals surface area (Å²) in [4.78, 5) is 25.0. The lowest BCUT2D eigenvalue weighted by Gasteiger charge is -2.17. The van der Waals surface area contributed by atoms with Gasteiger partial charge in [-0.05, 0) is 13.0 Å². The van der Waals surface area contributed by atoms with Crippen molar-refractivity contribution in [1.29, 1.82) is 0 Å². The number of carbonyl (C=O) groups excluding carboxylic acids is 1. The van der Waals surface area contributed by atoms with E-state index in [0.29, 0.717) is 57.4 Å². The SMILES string of the molecule is CCOCCOCCOCCN1C(=O)/C(=C/C(=O)O)c2ccccc21. The van der Waals surface area contributed by atoms with E-state index in [1.54, 1.807) is 23.1 Å². The number of carboxylic acids is 1. The number of para-hydroxylation sites is 1. The average molecular weight is 349 g/mol. The van der Waals surface area contributed by atoms with Gasteiger partial charge in [0.2, 0.25) is 0 Å². The van der Waals surface area contributed by atoms with Crippen LogP contribution in [-0.2, 0) is 23.8 Å². The Balaban J connectivity index is 1.81. The minimum atomic E-state index is -1.14. The molecule has 1 aliphatic rings. The van der Waals surface area contributed by atoms with Crippen LogP contribution in [0.3, 0.4) is 0 Å². The van der Waals surface area contributed by atoms with Gasteiger partial charge in [-0.3, -0.25) is 4.79 Å². The van der Waals surface area contributed by atoms with E-state index >= 15 is 0 Å². The summed E-state index contributed by atoms with van der Waals surface area (Å²) in [7, 11) is 0. The van der Waals surface area contributed by atoms with Gasteiger partial charge in [0.1, 0.15) is 0 Å². The first-order valence-electron chi connectivity index (χ1n) is 8.24. The van der Waals surface area contributed by atoms with E-state index in [0.717, 1.165) is 6.08 Å². The molecular formula is C18H23NO6. The van der Waals surface area contributed by atoms with Gasteiger partial charge >= 0.3 is 5.97 Å². The van der Waals surface area contributed by atoms with Crippen molar-refractivity contribution in [1.82, 2.24) is 0 Å². The molecule has 0 atom stereocenters. The van der Waals surface area contributed by atoms with Crippen LogP contribution in [0, 0.1) is 0 Å². The van der Waals surface area contributed by atoms with E-state index in [2.05, 4.69) is 0 Å². The first kappa shape index (κ1) is 19.1. The van der Waals surface area contributed by atoms with Crippen LogP contribution in [0.15, 0.2) is 30.3 Å². The summed E-state index contributed by atoms with van der Waals surface area (Å²) in [6, 6.07) is 7.14. The van der Waals surface area contributed by atoms with Crippen LogP contribution in [-0.4, -0.2) is 63.2 Å². The summed E-state index contributed by atoms with van der Waals surface area (Å²) in [5.41, 5.74) is 1.54. The predicted molar refractivity (Wildman–Crippen MR) is 92.5 cm³/mol. The van der Waals surface area contributed by atoms with Gasteiger partial charge in [-0.2, -0.15) is 0 Å². The molecule has 1 aliphatic heterocycles. The molecular weight excluding hydrogens is 326 g/mol. The number of aliphatic carboxylic acids is 1. The molecule has 25 heavy (non-hydrogen) atoms. The van der Waals surface area contributed by atoms with Gasteiger partial charge in [-0.1, -0.05) is 18.2 Å². The van der Waals surface area contributed by atoms with Crippen molar-refractivity contribution in [2.75, 3.05) is 51.1 Å². The highest BCUT2D eigenvalue weighted by molar-refractivity contribution is 6.34. The number of fused-ring (bicyclic) bond motifs is 1. The molecule has 1 aromatic carbocycles. The zero-order valence-corrected chi connectivity index (χ0v) is 14.3. The quantitative estimate of drug-likeness (QED) is 0.482. The van der Waals surface area contributed by atoms with Gasteiger partial charge in [-0.25, -0.2) is 4.79 Å². The first-order chi connectivity index (χ1) is 12.1. The Morgan fingerprint density at radius 1 is 1.08 bits per heavy atom. The molecule has 1 aromatic rings. The molecule has 1 heterocycles. The normalized spacial score (nSPS) is 15.0. The van der Waals surface area contributed by atoms with E-state index in [1.165, 1.54) is 0 Å². The predicted octanol–water partition coefficient (Wildman–Crippen LogP) is 1.57. The molecule has 0 aliphatic carbocycles. The Bertz CT molecular complexity index is 628. The summed E-state index contributed by atoms with van der Waals surface area (Å²) in [6.45, 7) is 5.27. The summed E-state index contributed by atoms with van der Waals surface area (Å²) in [6.07, 6.45) is 0.953. The zero-order chi connectivity index (χ0) is 18.1. The number of nitrogens with zero attached hydrogens (tertiary/aromatic N) is 1. The lowest BCUT2D eigenvalue weighted by Crippen LogP contribution is -2.30. The van der Waals surface area contributed by atoms with Gasteiger partial charge in [0, 0.05) is 24.8 Å². The third-order valence-corrected chi connectivity index (χ3v) is 3.64. The van der Waals surface area contributed by atoms with E-state index in [-0.39, 0.29) is 11.5 Å². The van der Waals surface area contributed by atoms with Crippen molar-refractivity contribution in [3.05, 3.63) is 35.9 Å². The van der Waals surface area contributed by atoms with Crippen LogP contribution < -0.4 is 4.90 Å². The Hall–Kier alpha value is -2.22. The number of ether oxygens (including phenoxy) is 3. The first-order valence-corrected chi connectivity index (χ1v) is 8.24.